The summed E-state index contributed by atoms with van der Waals surface area (Å²) < 4.78 is 25.4. The summed E-state index contributed by atoms with van der Waals surface area (Å²) >= 11 is 0. The third-order valence-electron chi connectivity index (χ3n) is 2.92. The maximum Gasteiger partial charge on any atom is 0.289 e. The maximum absolute atomic E-state index is 12.7. The summed E-state index contributed by atoms with van der Waals surface area (Å²) in [6, 6.07) is 0.240. The molecule has 0 unspecified atom stereocenters. The van der Waals surface area contributed by atoms with Crippen molar-refractivity contribution in [2.45, 2.75) is 50.5 Å². The average molecular weight is 249 g/mol. The van der Waals surface area contributed by atoms with Gasteiger partial charge in [0.1, 0.15) is 13.2 Å². The van der Waals surface area contributed by atoms with Gasteiger partial charge in [-0.3, -0.25) is 0 Å². The van der Waals surface area contributed by atoms with Gasteiger partial charge in [0.2, 0.25) is 0 Å². The largest absolute Gasteiger partial charge is 0.390 e. The molecule has 100 valence electrons. The molecule has 0 amide bonds. The van der Waals surface area contributed by atoms with E-state index in [1.807, 2.05) is 0 Å². The van der Waals surface area contributed by atoms with E-state index >= 15 is 0 Å². The van der Waals surface area contributed by atoms with Gasteiger partial charge in [0.15, 0.2) is 5.96 Å². The Morgan fingerprint density at radius 1 is 1.29 bits per heavy atom. The van der Waals surface area contributed by atoms with E-state index in [-0.39, 0.29) is 12.0 Å². The third-order valence-corrected chi connectivity index (χ3v) is 2.92. The fraction of sp³-hybridized carbons (Fsp3) is 0.909. The van der Waals surface area contributed by atoms with Crippen LogP contribution in [0.15, 0.2) is 4.99 Å². The number of alkyl halides is 2. The summed E-state index contributed by atoms with van der Waals surface area (Å²) in [4.78, 5) is 3.56. The first kappa shape index (κ1) is 14.2. The average Bonchev–Trinajstić information content (AvgIpc) is 2.55. The molecule has 0 aromatic heterocycles. The molecule has 0 saturated heterocycles. The molecule has 0 atom stereocenters. The predicted molar refractivity (Wildman–Crippen MR) is 63.1 cm³/mol. The second-order valence-corrected chi connectivity index (χ2v) is 4.55. The molecule has 1 aliphatic rings. The predicted octanol–water partition coefficient (Wildman–Crippen LogP) is 1.24. The van der Waals surface area contributed by atoms with Gasteiger partial charge in [-0.05, 0) is 12.8 Å². The standard InChI is InChI=1S/C11H21F2N3O/c12-11(13,8-17)7-15-10(14)16-9-5-3-1-2-4-6-9/h9,17H,1-8H2,(H3,14,15,16). The number of nitrogens with zero attached hydrogens (tertiary/aromatic N) is 1. The van der Waals surface area contributed by atoms with Gasteiger partial charge in [-0.1, -0.05) is 25.7 Å². The molecule has 0 aromatic carbocycles. The second kappa shape index (κ2) is 6.74. The molecule has 0 bridgehead atoms. The molecule has 0 spiro atoms. The summed E-state index contributed by atoms with van der Waals surface area (Å²) in [6.07, 6.45) is 6.73. The lowest BCUT2D eigenvalue weighted by molar-refractivity contribution is -0.0404. The fourth-order valence-corrected chi connectivity index (χ4v) is 1.93. The number of hydrogen-bond acceptors (Lipinski definition) is 2. The van der Waals surface area contributed by atoms with E-state index in [0.29, 0.717) is 0 Å². The molecule has 17 heavy (non-hydrogen) atoms. The minimum atomic E-state index is -3.18. The maximum atomic E-state index is 12.7. The molecule has 4 N–H and O–H groups in total. The van der Waals surface area contributed by atoms with Crippen LogP contribution in [0.5, 0.6) is 0 Å². The Bertz CT molecular complexity index is 251. The van der Waals surface area contributed by atoms with Crippen molar-refractivity contribution in [3.8, 4) is 0 Å². The van der Waals surface area contributed by atoms with Gasteiger partial charge in [0.25, 0.3) is 5.92 Å². The van der Waals surface area contributed by atoms with Gasteiger partial charge >= 0.3 is 0 Å². The van der Waals surface area contributed by atoms with Gasteiger partial charge in [-0.15, -0.1) is 0 Å². The second-order valence-electron chi connectivity index (χ2n) is 4.55. The minimum absolute atomic E-state index is 0.0463. The summed E-state index contributed by atoms with van der Waals surface area (Å²) in [7, 11) is 0. The van der Waals surface area contributed by atoms with Crippen LogP contribution in [0.25, 0.3) is 0 Å². The number of hydrogen-bond donors (Lipinski definition) is 3. The van der Waals surface area contributed by atoms with Crippen LogP contribution in [0, 0.1) is 0 Å². The normalized spacial score (nSPS) is 20.1. The number of aliphatic hydroxyl groups is 1. The number of aliphatic hydroxyl groups excluding tert-OH is 1. The van der Waals surface area contributed by atoms with Crippen molar-refractivity contribution < 1.29 is 13.9 Å². The summed E-state index contributed by atoms with van der Waals surface area (Å²) in [6.45, 7) is -1.97. The smallest absolute Gasteiger partial charge is 0.289 e. The Balaban J connectivity index is 2.36. The van der Waals surface area contributed by atoms with Crippen molar-refractivity contribution in [3.05, 3.63) is 0 Å². The summed E-state index contributed by atoms with van der Waals surface area (Å²) in [5, 5.41) is 11.4. The van der Waals surface area contributed by atoms with Crippen molar-refractivity contribution >= 4 is 5.96 Å². The first-order valence-corrected chi connectivity index (χ1v) is 6.08. The molecule has 1 fully saturated rings. The molecule has 4 nitrogen and oxygen atoms in total. The van der Waals surface area contributed by atoms with Crippen LogP contribution in [0.3, 0.4) is 0 Å². The molecule has 0 heterocycles. The van der Waals surface area contributed by atoms with Crippen molar-refractivity contribution in [2.24, 2.45) is 10.7 Å². The van der Waals surface area contributed by atoms with Crippen LogP contribution in [0.2, 0.25) is 0 Å². The molecule has 6 heteroatoms. The SMILES string of the molecule is NC(=NCC(F)(F)CO)NC1CCCCCC1. The highest BCUT2D eigenvalue weighted by molar-refractivity contribution is 5.78. The van der Waals surface area contributed by atoms with E-state index in [4.69, 9.17) is 10.8 Å². The van der Waals surface area contributed by atoms with Crippen molar-refractivity contribution in [2.75, 3.05) is 13.2 Å². The highest BCUT2D eigenvalue weighted by Crippen LogP contribution is 2.17. The summed E-state index contributed by atoms with van der Waals surface area (Å²) in [5.74, 6) is -3.14. The first-order valence-electron chi connectivity index (χ1n) is 6.08. The van der Waals surface area contributed by atoms with Crippen molar-refractivity contribution in [1.82, 2.24) is 5.32 Å². The number of rotatable bonds is 4. The van der Waals surface area contributed by atoms with Gasteiger partial charge < -0.3 is 16.2 Å². The number of guanidine groups is 1. The number of halogens is 2. The fourth-order valence-electron chi connectivity index (χ4n) is 1.93. The zero-order valence-corrected chi connectivity index (χ0v) is 9.96. The van der Waals surface area contributed by atoms with Crippen LogP contribution in [0.4, 0.5) is 8.78 Å². The zero-order valence-electron chi connectivity index (χ0n) is 9.96. The zero-order chi connectivity index (χ0) is 12.7. The number of nitrogens with two attached hydrogens (primary N) is 1. The van der Waals surface area contributed by atoms with E-state index in [1.165, 1.54) is 12.8 Å². The molecule has 0 aromatic rings. The highest BCUT2D eigenvalue weighted by Gasteiger charge is 2.27. The van der Waals surface area contributed by atoms with Crippen molar-refractivity contribution in [3.63, 3.8) is 0 Å². The molecular formula is C11H21F2N3O. The minimum Gasteiger partial charge on any atom is -0.390 e. The molecule has 0 aliphatic heterocycles. The lowest BCUT2D eigenvalue weighted by Gasteiger charge is -2.17. The van der Waals surface area contributed by atoms with Gasteiger partial charge in [0, 0.05) is 6.04 Å². The van der Waals surface area contributed by atoms with Crippen LogP contribution >= 0.6 is 0 Å². The number of aliphatic imine (C=N–C) groups is 1. The Labute approximate surface area is 100 Å². The summed E-state index contributed by atoms with van der Waals surface area (Å²) in [5.41, 5.74) is 5.54. The van der Waals surface area contributed by atoms with Gasteiger partial charge in [-0.25, -0.2) is 13.8 Å². The lowest BCUT2D eigenvalue weighted by Crippen LogP contribution is -2.41. The van der Waals surface area contributed by atoms with E-state index < -0.39 is 19.1 Å². The van der Waals surface area contributed by atoms with Crippen molar-refractivity contribution in [1.29, 1.82) is 0 Å². The third kappa shape index (κ3) is 5.81. The van der Waals surface area contributed by atoms with E-state index in [0.717, 1.165) is 25.7 Å². The highest BCUT2D eigenvalue weighted by atomic mass is 19.3. The molecule has 1 saturated carbocycles. The van der Waals surface area contributed by atoms with E-state index in [2.05, 4.69) is 10.3 Å². The van der Waals surface area contributed by atoms with Crippen LogP contribution < -0.4 is 11.1 Å². The van der Waals surface area contributed by atoms with Gasteiger partial charge in [-0.2, -0.15) is 0 Å². The lowest BCUT2D eigenvalue weighted by atomic mass is 10.1. The Kier molecular flexibility index (Phi) is 5.61. The Morgan fingerprint density at radius 2 is 1.88 bits per heavy atom. The molecule has 0 radical (unpaired) electrons. The Morgan fingerprint density at radius 3 is 2.41 bits per heavy atom. The number of nitrogens with one attached hydrogen (secondary N) is 1. The Hall–Kier alpha value is -0.910. The topological polar surface area (TPSA) is 70.6 Å². The molecular weight excluding hydrogens is 228 g/mol. The van der Waals surface area contributed by atoms with E-state index in [1.54, 1.807) is 0 Å². The van der Waals surface area contributed by atoms with Crippen LogP contribution in [-0.2, 0) is 0 Å². The molecule has 1 aliphatic carbocycles. The van der Waals surface area contributed by atoms with Crippen LogP contribution in [-0.4, -0.2) is 36.2 Å². The monoisotopic (exact) mass is 249 g/mol. The first-order chi connectivity index (χ1) is 8.03. The molecule has 1 rings (SSSR count). The van der Waals surface area contributed by atoms with E-state index in [9.17, 15) is 8.78 Å². The quantitative estimate of drug-likeness (QED) is 0.399. The van der Waals surface area contributed by atoms with Gasteiger partial charge in [0.05, 0.1) is 0 Å². The van der Waals surface area contributed by atoms with Crippen LogP contribution in [0.1, 0.15) is 38.5 Å².